The number of carbonyl (C=O) groups excluding carboxylic acids is 1. The molecule has 0 amide bonds. The summed E-state index contributed by atoms with van der Waals surface area (Å²) in [7, 11) is 0. The monoisotopic (exact) mass is 272 g/mol. The van der Waals surface area contributed by atoms with Gasteiger partial charge in [-0.25, -0.2) is 4.39 Å². The Labute approximate surface area is 115 Å². The predicted molar refractivity (Wildman–Crippen MR) is 69.8 cm³/mol. The van der Waals surface area contributed by atoms with Gasteiger partial charge in [0.1, 0.15) is 11.9 Å². The molecule has 0 fully saturated rings. The number of nitriles is 1. The molecular weight excluding hydrogens is 259 g/mol. The van der Waals surface area contributed by atoms with Gasteiger partial charge in [-0.15, -0.1) is 0 Å². The first-order valence-electron chi connectivity index (χ1n) is 6.23. The van der Waals surface area contributed by atoms with Gasteiger partial charge in [0.25, 0.3) is 0 Å². The van der Waals surface area contributed by atoms with Crippen LogP contribution in [0.5, 0.6) is 0 Å². The lowest BCUT2D eigenvalue weighted by molar-refractivity contribution is 0.101. The lowest BCUT2D eigenvalue weighted by Gasteiger charge is -2.01. The lowest BCUT2D eigenvalue weighted by Crippen LogP contribution is -2.01. The molecule has 0 radical (unpaired) electrons. The highest BCUT2D eigenvalue weighted by Crippen LogP contribution is 2.20. The van der Waals surface area contributed by atoms with E-state index in [1.807, 2.05) is 6.92 Å². The summed E-state index contributed by atoms with van der Waals surface area (Å²) in [4.78, 5) is 11.6. The Hall–Kier alpha value is -2.48. The summed E-state index contributed by atoms with van der Waals surface area (Å²) in [5.74, 6) is -0.268. The largest absolute Gasteiger partial charge is 0.360 e. The summed E-state index contributed by atoms with van der Waals surface area (Å²) in [5.41, 5.74) is 1.70. The Bertz CT molecular complexity index is 698. The number of carbonyl (C=O) groups is 1. The Balaban J connectivity index is 2.36. The first kappa shape index (κ1) is 13.9. The van der Waals surface area contributed by atoms with Crippen molar-refractivity contribution in [3.05, 3.63) is 52.2 Å². The Kier molecular flexibility index (Phi) is 3.94. The molecule has 102 valence electrons. The molecule has 4 nitrogen and oxygen atoms in total. The highest BCUT2D eigenvalue weighted by atomic mass is 19.1. The van der Waals surface area contributed by atoms with Gasteiger partial charge in [0.05, 0.1) is 16.8 Å². The van der Waals surface area contributed by atoms with Gasteiger partial charge in [-0.2, -0.15) is 5.26 Å². The zero-order valence-corrected chi connectivity index (χ0v) is 11.2. The number of ketones is 1. The summed E-state index contributed by atoms with van der Waals surface area (Å²) < 4.78 is 18.7. The quantitative estimate of drug-likeness (QED) is 0.802. The minimum atomic E-state index is -0.579. The van der Waals surface area contributed by atoms with Gasteiger partial charge >= 0.3 is 0 Å². The van der Waals surface area contributed by atoms with E-state index in [4.69, 9.17) is 9.78 Å². The van der Waals surface area contributed by atoms with Crippen LogP contribution >= 0.6 is 0 Å². The van der Waals surface area contributed by atoms with Gasteiger partial charge in [0.2, 0.25) is 0 Å². The molecule has 0 saturated carbocycles. The summed E-state index contributed by atoms with van der Waals surface area (Å²) in [6.45, 7) is 3.34. The summed E-state index contributed by atoms with van der Waals surface area (Å²) in [6, 6.07) is 6.09. The molecule has 0 saturated heterocycles. The number of aromatic nitrogens is 1. The molecule has 2 aromatic rings. The van der Waals surface area contributed by atoms with E-state index in [1.165, 1.54) is 19.1 Å². The van der Waals surface area contributed by atoms with E-state index in [0.717, 1.165) is 0 Å². The smallest absolute Gasteiger partial charge is 0.165 e. The third-order valence-electron chi connectivity index (χ3n) is 3.04. The Morgan fingerprint density at radius 3 is 2.80 bits per heavy atom. The second-order valence-electron chi connectivity index (χ2n) is 4.44. The minimum absolute atomic E-state index is 0.00708. The van der Waals surface area contributed by atoms with Crippen molar-refractivity contribution in [3.63, 3.8) is 0 Å². The maximum Gasteiger partial charge on any atom is 0.165 e. The van der Waals surface area contributed by atoms with Crippen molar-refractivity contribution < 1.29 is 13.7 Å². The lowest BCUT2D eigenvalue weighted by atomic mass is 10.0. The summed E-state index contributed by atoms with van der Waals surface area (Å²) >= 11 is 0. The normalized spacial score (nSPS) is 10.3. The van der Waals surface area contributed by atoms with Crippen LogP contribution in [0.4, 0.5) is 4.39 Å². The number of hydrogen-bond acceptors (Lipinski definition) is 4. The van der Waals surface area contributed by atoms with Crippen LogP contribution < -0.4 is 0 Å². The molecule has 0 bridgehead atoms. The number of aryl methyl sites for hydroxylation is 1. The average Bonchev–Trinajstić information content (AvgIpc) is 2.82. The van der Waals surface area contributed by atoms with E-state index >= 15 is 0 Å². The van der Waals surface area contributed by atoms with Crippen molar-refractivity contribution in [1.29, 1.82) is 5.26 Å². The fourth-order valence-electron chi connectivity index (χ4n) is 2.07. The van der Waals surface area contributed by atoms with Crippen LogP contribution in [0, 0.1) is 17.1 Å². The van der Waals surface area contributed by atoms with Crippen LogP contribution in [0.15, 0.2) is 22.7 Å². The Morgan fingerprint density at radius 2 is 2.25 bits per heavy atom. The van der Waals surface area contributed by atoms with Crippen LogP contribution in [0.25, 0.3) is 0 Å². The highest BCUT2D eigenvalue weighted by Gasteiger charge is 2.19. The molecule has 5 heteroatoms. The van der Waals surface area contributed by atoms with Crippen molar-refractivity contribution in [3.8, 4) is 6.07 Å². The number of rotatable bonds is 4. The molecule has 0 N–H and O–H groups in total. The zero-order valence-electron chi connectivity index (χ0n) is 11.2. The molecule has 1 heterocycles. The van der Waals surface area contributed by atoms with Gasteiger partial charge in [-0.1, -0.05) is 18.1 Å². The van der Waals surface area contributed by atoms with Gasteiger partial charge < -0.3 is 4.52 Å². The molecule has 0 aliphatic rings. The molecule has 0 aliphatic heterocycles. The Morgan fingerprint density at radius 1 is 1.50 bits per heavy atom. The van der Waals surface area contributed by atoms with E-state index in [-0.39, 0.29) is 17.8 Å². The fraction of sp³-hybridized carbons (Fsp3) is 0.267. The first-order chi connectivity index (χ1) is 9.56. The molecule has 20 heavy (non-hydrogen) atoms. The predicted octanol–water partition coefficient (Wildman–Crippen LogP) is 3.04. The van der Waals surface area contributed by atoms with Gasteiger partial charge in [0, 0.05) is 6.42 Å². The highest BCUT2D eigenvalue weighted by molar-refractivity contribution is 5.96. The molecule has 1 aromatic heterocycles. The second kappa shape index (κ2) is 5.66. The van der Waals surface area contributed by atoms with E-state index in [0.29, 0.717) is 29.0 Å². The number of hydrogen-bond donors (Lipinski definition) is 0. The zero-order chi connectivity index (χ0) is 14.7. The van der Waals surface area contributed by atoms with Crippen LogP contribution in [0.1, 0.15) is 46.8 Å². The fourth-order valence-corrected chi connectivity index (χ4v) is 2.07. The molecule has 0 spiro atoms. The number of Topliss-reactive ketones (excluding diaryl/α,β-unsaturated/α-hetero) is 1. The summed E-state index contributed by atoms with van der Waals surface area (Å²) in [6.07, 6.45) is 0.866. The van der Waals surface area contributed by atoms with Crippen molar-refractivity contribution in [2.75, 3.05) is 0 Å². The van der Waals surface area contributed by atoms with E-state index in [2.05, 4.69) is 5.16 Å². The second-order valence-corrected chi connectivity index (χ2v) is 4.44. The minimum Gasteiger partial charge on any atom is -0.360 e. The number of nitrogens with zero attached hydrogens (tertiary/aromatic N) is 2. The third kappa shape index (κ3) is 2.59. The standard InChI is InChI=1S/C15H13FN2O2/c1-3-13-15(9(2)19)14(20-18-13)7-10-4-5-11(8-17)12(16)6-10/h4-6H,3,7H2,1-2H3. The molecule has 0 atom stereocenters. The van der Waals surface area contributed by atoms with Crippen LogP contribution in [-0.4, -0.2) is 10.9 Å². The molecule has 0 aliphatic carbocycles. The molecular formula is C15H13FN2O2. The maximum atomic E-state index is 13.5. The first-order valence-corrected chi connectivity index (χ1v) is 6.23. The van der Waals surface area contributed by atoms with Crippen molar-refractivity contribution in [1.82, 2.24) is 5.16 Å². The average molecular weight is 272 g/mol. The third-order valence-corrected chi connectivity index (χ3v) is 3.04. The van der Waals surface area contributed by atoms with E-state index < -0.39 is 5.82 Å². The van der Waals surface area contributed by atoms with Gasteiger partial charge in [0.15, 0.2) is 11.5 Å². The van der Waals surface area contributed by atoms with Crippen molar-refractivity contribution in [2.24, 2.45) is 0 Å². The van der Waals surface area contributed by atoms with E-state index in [1.54, 1.807) is 12.1 Å². The van der Waals surface area contributed by atoms with Crippen LogP contribution in [0.2, 0.25) is 0 Å². The van der Waals surface area contributed by atoms with Gasteiger partial charge in [-0.05, 0) is 31.0 Å². The van der Waals surface area contributed by atoms with Gasteiger partial charge in [-0.3, -0.25) is 4.79 Å². The van der Waals surface area contributed by atoms with Crippen molar-refractivity contribution in [2.45, 2.75) is 26.7 Å². The number of halogens is 1. The maximum absolute atomic E-state index is 13.5. The SMILES string of the molecule is CCc1noc(Cc2ccc(C#N)c(F)c2)c1C(C)=O. The number of benzene rings is 1. The molecule has 0 unspecified atom stereocenters. The van der Waals surface area contributed by atoms with Crippen LogP contribution in [0.3, 0.4) is 0 Å². The molecule has 2 rings (SSSR count). The van der Waals surface area contributed by atoms with Crippen LogP contribution in [-0.2, 0) is 12.8 Å². The summed E-state index contributed by atoms with van der Waals surface area (Å²) in [5, 5.41) is 12.6. The van der Waals surface area contributed by atoms with E-state index in [9.17, 15) is 9.18 Å². The molecule has 1 aromatic carbocycles. The topological polar surface area (TPSA) is 66.9 Å². The van der Waals surface area contributed by atoms with Crippen molar-refractivity contribution >= 4 is 5.78 Å².